The lowest BCUT2D eigenvalue weighted by Crippen LogP contribution is -2.27. The van der Waals surface area contributed by atoms with Crippen LogP contribution >= 0.6 is 0 Å². The summed E-state index contributed by atoms with van der Waals surface area (Å²) in [5.74, 6) is -0.777. The third-order valence-corrected chi connectivity index (χ3v) is 2.32. The van der Waals surface area contributed by atoms with Gasteiger partial charge in [-0.3, -0.25) is 9.59 Å². The van der Waals surface area contributed by atoms with Gasteiger partial charge in [0.15, 0.2) is 0 Å². The van der Waals surface area contributed by atoms with E-state index in [1.807, 2.05) is 0 Å². The zero-order valence-electron chi connectivity index (χ0n) is 10.8. The number of hydrogen-bond acceptors (Lipinski definition) is 5. The Hall–Kier alpha value is -2.75. The zero-order chi connectivity index (χ0) is 14.8. The van der Waals surface area contributed by atoms with Crippen LogP contribution in [0.4, 0.5) is 0 Å². The molecule has 0 aromatic carbocycles. The molecular weight excluding hydrogens is 262 g/mol. The van der Waals surface area contributed by atoms with Gasteiger partial charge >= 0.3 is 5.97 Å². The monoisotopic (exact) mass is 277 g/mol. The molecule has 1 amide bonds. The summed E-state index contributed by atoms with van der Waals surface area (Å²) in [6.07, 6.45) is 3.12. The minimum absolute atomic E-state index is 0.0252. The summed E-state index contributed by atoms with van der Waals surface area (Å²) in [5.41, 5.74) is -0.0770. The summed E-state index contributed by atoms with van der Waals surface area (Å²) >= 11 is 0. The van der Waals surface area contributed by atoms with Gasteiger partial charge in [-0.15, -0.1) is 0 Å². The number of nitrogens with one attached hydrogen (secondary N) is 2. The summed E-state index contributed by atoms with van der Waals surface area (Å²) in [4.78, 5) is 21.9. The Kier molecular flexibility index (Phi) is 6.41. The van der Waals surface area contributed by atoms with Crippen LogP contribution in [0, 0.1) is 11.3 Å². The van der Waals surface area contributed by atoms with Crippen LogP contribution in [0.25, 0.3) is 0 Å². The van der Waals surface area contributed by atoms with Crippen molar-refractivity contribution in [2.75, 3.05) is 6.54 Å². The number of nitriles is 1. The normalized spacial score (nSPS) is 10.7. The second-order valence-electron chi connectivity index (χ2n) is 3.88. The highest BCUT2D eigenvalue weighted by Crippen LogP contribution is 1.99. The van der Waals surface area contributed by atoms with Crippen molar-refractivity contribution in [1.82, 2.24) is 10.6 Å². The smallest absolute Gasteiger partial charge is 0.303 e. The number of carbonyl (C=O) groups excluding carboxylic acids is 1. The molecule has 20 heavy (non-hydrogen) atoms. The second kappa shape index (κ2) is 8.37. The fraction of sp³-hybridized carbons (Fsp3) is 0.308. The lowest BCUT2D eigenvalue weighted by Gasteiger charge is -2.03. The fourth-order valence-electron chi connectivity index (χ4n) is 1.35. The van der Waals surface area contributed by atoms with Crippen molar-refractivity contribution < 1.29 is 19.1 Å². The molecule has 1 rings (SSSR count). The van der Waals surface area contributed by atoms with Crippen LogP contribution in [0.3, 0.4) is 0 Å². The third kappa shape index (κ3) is 5.73. The fourth-order valence-corrected chi connectivity index (χ4v) is 1.35. The quantitative estimate of drug-likeness (QED) is 0.367. The van der Waals surface area contributed by atoms with E-state index in [-0.39, 0.29) is 18.5 Å². The minimum Gasteiger partial charge on any atom is -0.481 e. The Morgan fingerprint density at radius 3 is 2.90 bits per heavy atom. The highest BCUT2D eigenvalue weighted by Gasteiger charge is 2.08. The molecule has 106 valence electrons. The topological polar surface area (TPSA) is 115 Å². The second-order valence-corrected chi connectivity index (χ2v) is 3.88. The number of rotatable bonds is 8. The molecule has 0 aliphatic carbocycles. The Morgan fingerprint density at radius 2 is 2.30 bits per heavy atom. The van der Waals surface area contributed by atoms with E-state index in [2.05, 4.69) is 10.6 Å². The molecule has 0 aliphatic heterocycles. The number of aliphatic carboxylic acids is 1. The van der Waals surface area contributed by atoms with Gasteiger partial charge in [-0.05, 0) is 18.6 Å². The lowest BCUT2D eigenvalue weighted by atomic mass is 10.2. The standard InChI is InChI=1S/C13H15N3O4/c14-7-10(8-15-9-11-3-2-6-20-11)13(19)16-5-1-4-12(17)18/h2-3,6,8,15H,1,4-5,9H2,(H,16,19)(H,17,18)/b10-8-. The first-order chi connectivity index (χ1) is 9.63. The maximum atomic E-state index is 11.6. The molecule has 0 fully saturated rings. The van der Waals surface area contributed by atoms with Gasteiger partial charge in [0.2, 0.25) is 0 Å². The van der Waals surface area contributed by atoms with E-state index in [9.17, 15) is 9.59 Å². The van der Waals surface area contributed by atoms with Crippen molar-refractivity contribution in [2.24, 2.45) is 0 Å². The van der Waals surface area contributed by atoms with Gasteiger partial charge in [-0.2, -0.15) is 5.26 Å². The van der Waals surface area contributed by atoms with Gasteiger partial charge in [-0.1, -0.05) is 0 Å². The van der Waals surface area contributed by atoms with Crippen LogP contribution in [0.15, 0.2) is 34.6 Å². The SMILES string of the molecule is N#C/C(=C/NCc1ccco1)C(=O)NCCCC(=O)O. The summed E-state index contributed by atoms with van der Waals surface area (Å²) in [5, 5.41) is 22.6. The average molecular weight is 277 g/mol. The van der Waals surface area contributed by atoms with Crippen molar-refractivity contribution in [2.45, 2.75) is 19.4 Å². The summed E-state index contributed by atoms with van der Waals surface area (Å²) in [6.45, 7) is 0.576. The predicted molar refractivity (Wildman–Crippen MR) is 69.1 cm³/mol. The molecule has 1 heterocycles. The number of carboxylic acids is 1. The van der Waals surface area contributed by atoms with Crippen LogP contribution in [0.5, 0.6) is 0 Å². The molecule has 0 atom stereocenters. The zero-order valence-corrected chi connectivity index (χ0v) is 10.8. The van der Waals surface area contributed by atoms with Crippen molar-refractivity contribution in [1.29, 1.82) is 5.26 Å². The van der Waals surface area contributed by atoms with Crippen LogP contribution in [-0.4, -0.2) is 23.5 Å². The number of hydrogen-bond donors (Lipinski definition) is 3. The van der Waals surface area contributed by atoms with Crippen LogP contribution < -0.4 is 10.6 Å². The van der Waals surface area contributed by atoms with Crippen molar-refractivity contribution in [3.8, 4) is 6.07 Å². The Bertz CT molecular complexity index is 514. The average Bonchev–Trinajstić information content (AvgIpc) is 2.92. The predicted octanol–water partition coefficient (Wildman–Crippen LogP) is 0.758. The van der Waals surface area contributed by atoms with E-state index >= 15 is 0 Å². The van der Waals surface area contributed by atoms with Gasteiger partial charge in [0, 0.05) is 19.2 Å². The maximum Gasteiger partial charge on any atom is 0.303 e. The van der Waals surface area contributed by atoms with Crippen LogP contribution in [0.2, 0.25) is 0 Å². The molecule has 0 radical (unpaired) electrons. The molecule has 0 bridgehead atoms. The summed E-state index contributed by atoms with van der Waals surface area (Å²) in [6, 6.07) is 5.27. The van der Waals surface area contributed by atoms with Crippen molar-refractivity contribution >= 4 is 11.9 Å². The molecule has 0 saturated heterocycles. The van der Waals surface area contributed by atoms with Gasteiger partial charge in [-0.25, -0.2) is 0 Å². The molecule has 3 N–H and O–H groups in total. The van der Waals surface area contributed by atoms with Gasteiger partial charge in [0.05, 0.1) is 12.8 Å². The van der Waals surface area contributed by atoms with E-state index in [4.69, 9.17) is 14.8 Å². The number of carbonyl (C=O) groups is 2. The molecule has 0 unspecified atom stereocenters. The van der Waals surface area contributed by atoms with Crippen LogP contribution in [0.1, 0.15) is 18.6 Å². The maximum absolute atomic E-state index is 11.6. The lowest BCUT2D eigenvalue weighted by molar-refractivity contribution is -0.137. The highest BCUT2D eigenvalue weighted by atomic mass is 16.4. The van der Waals surface area contributed by atoms with E-state index in [1.54, 1.807) is 18.2 Å². The minimum atomic E-state index is -0.921. The number of furan rings is 1. The number of carboxylic acid groups (broad SMARTS) is 1. The molecule has 1 aromatic heterocycles. The Labute approximate surface area is 115 Å². The molecule has 7 heteroatoms. The molecule has 0 aliphatic rings. The third-order valence-electron chi connectivity index (χ3n) is 2.32. The highest BCUT2D eigenvalue weighted by molar-refractivity contribution is 5.97. The summed E-state index contributed by atoms with van der Waals surface area (Å²) < 4.78 is 5.08. The van der Waals surface area contributed by atoms with Gasteiger partial charge in [0.1, 0.15) is 17.4 Å². The van der Waals surface area contributed by atoms with Crippen LogP contribution in [-0.2, 0) is 16.1 Å². The summed E-state index contributed by atoms with van der Waals surface area (Å²) in [7, 11) is 0. The van der Waals surface area contributed by atoms with Crippen molar-refractivity contribution in [3.63, 3.8) is 0 Å². The Balaban J connectivity index is 2.34. The van der Waals surface area contributed by atoms with E-state index in [0.717, 1.165) is 0 Å². The van der Waals surface area contributed by atoms with Gasteiger partial charge in [0.25, 0.3) is 5.91 Å². The molecular formula is C13H15N3O4. The van der Waals surface area contributed by atoms with E-state index < -0.39 is 11.9 Å². The first-order valence-corrected chi connectivity index (χ1v) is 5.99. The first-order valence-electron chi connectivity index (χ1n) is 5.99. The molecule has 0 saturated carbocycles. The first kappa shape index (κ1) is 15.3. The molecule has 1 aromatic rings. The number of nitrogens with zero attached hydrogens (tertiary/aromatic N) is 1. The van der Waals surface area contributed by atoms with Crippen molar-refractivity contribution in [3.05, 3.63) is 35.9 Å². The van der Waals surface area contributed by atoms with Gasteiger partial charge < -0.3 is 20.2 Å². The van der Waals surface area contributed by atoms with E-state index in [0.29, 0.717) is 18.7 Å². The van der Waals surface area contributed by atoms with E-state index in [1.165, 1.54) is 12.5 Å². The largest absolute Gasteiger partial charge is 0.481 e. The number of amides is 1. The molecule has 0 spiro atoms. The molecule has 7 nitrogen and oxygen atoms in total. The Morgan fingerprint density at radius 1 is 1.50 bits per heavy atom.